The molecule has 4 nitrogen and oxygen atoms in total. The minimum Gasteiger partial charge on any atom is -0.364 e. The quantitative estimate of drug-likeness (QED) is 0.836. The number of amides is 1. The lowest BCUT2D eigenvalue weighted by molar-refractivity contribution is -0.135. The van der Waals surface area contributed by atoms with E-state index in [9.17, 15) is 4.79 Å². The second-order valence-corrected chi connectivity index (χ2v) is 8.07. The first-order valence-corrected chi connectivity index (χ1v) is 10.0. The zero-order valence-electron chi connectivity index (χ0n) is 16.3. The van der Waals surface area contributed by atoms with E-state index in [0.29, 0.717) is 6.04 Å². The number of piperazine rings is 1. The van der Waals surface area contributed by atoms with E-state index in [1.54, 1.807) is 0 Å². The van der Waals surface area contributed by atoms with Crippen LogP contribution in [0.4, 0.5) is 5.69 Å². The molecular formula is C23H29N3O. The summed E-state index contributed by atoms with van der Waals surface area (Å²) < 4.78 is 0. The Hall–Kier alpha value is -2.33. The van der Waals surface area contributed by atoms with E-state index in [2.05, 4.69) is 69.3 Å². The molecule has 4 heteroatoms. The number of anilines is 1. The molecule has 0 bridgehead atoms. The van der Waals surface area contributed by atoms with Gasteiger partial charge >= 0.3 is 0 Å². The van der Waals surface area contributed by atoms with E-state index in [0.717, 1.165) is 39.3 Å². The summed E-state index contributed by atoms with van der Waals surface area (Å²) in [7, 11) is 0. The highest BCUT2D eigenvalue weighted by atomic mass is 16.2. The van der Waals surface area contributed by atoms with Crippen LogP contribution < -0.4 is 4.90 Å². The number of benzene rings is 2. The minimum atomic E-state index is 0.0349. The lowest BCUT2D eigenvalue weighted by Crippen LogP contribution is -2.56. The molecular weight excluding hydrogens is 334 g/mol. The first-order valence-electron chi connectivity index (χ1n) is 10.0. The fraction of sp³-hybridized carbons (Fsp3) is 0.435. The fourth-order valence-electron chi connectivity index (χ4n) is 4.36. The van der Waals surface area contributed by atoms with Gasteiger partial charge in [0.25, 0.3) is 0 Å². The zero-order valence-corrected chi connectivity index (χ0v) is 16.3. The van der Waals surface area contributed by atoms with Gasteiger partial charge in [0.2, 0.25) is 5.91 Å². The third kappa shape index (κ3) is 3.86. The van der Waals surface area contributed by atoms with Crippen molar-refractivity contribution in [3.8, 4) is 0 Å². The summed E-state index contributed by atoms with van der Waals surface area (Å²) in [6.07, 6.45) is 0. The molecule has 0 spiro atoms. The average Bonchev–Trinajstić information content (AvgIpc) is 2.84. The third-order valence-electron chi connectivity index (χ3n) is 5.71. The predicted octanol–water partition coefficient (Wildman–Crippen LogP) is 3.38. The fourth-order valence-corrected chi connectivity index (χ4v) is 4.36. The van der Waals surface area contributed by atoms with Gasteiger partial charge in [-0.05, 0) is 17.2 Å². The van der Waals surface area contributed by atoms with Crippen LogP contribution in [0.5, 0.6) is 0 Å². The third-order valence-corrected chi connectivity index (χ3v) is 5.71. The topological polar surface area (TPSA) is 26.8 Å². The van der Waals surface area contributed by atoms with Gasteiger partial charge in [-0.3, -0.25) is 9.69 Å². The normalized spacial score (nSPS) is 20.2. The highest BCUT2D eigenvalue weighted by Gasteiger charge is 2.34. The summed E-state index contributed by atoms with van der Waals surface area (Å²) in [4.78, 5) is 19.9. The monoisotopic (exact) mass is 363 g/mol. The van der Waals surface area contributed by atoms with Crippen LogP contribution in [0.2, 0.25) is 0 Å². The van der Waals surface area contributed by atoms with Crippen molar-refractivity contribution in [1.82, 2.24) is 9.80 Å². The van der Waals surface area contributed by atoms with Crippen molar-refractivity contribution in [1.29, 1.82) is 0 Å². The number of carbonyl (C=O) groups excluding carboxylic acids is 1. The highest BCUT2D eigenvalue weighted by Crippen LogP contribution is 2.30. The molecule has 2 aromatic carbocycles. The first-order chi connectivity index (χ1) is 13.1. The van der Waals surface area contributed by atoms with Crippen LogP contribution in [0.1, 0.15) is 25.0 Å². The number of nitrogens with zero attached hydrogens (tertiary/aromatic N) is 3. The van der Waals surface area contributed by atoms with Crippen molar-refractivity contribution in [2.75, 3.05) is 31.1 Å². The van der Waals surface area contributed by atoms with Gasteiger partial charge in [-0.2, -0.15) is 0 Å². The van der Waals surface area contributed by atoms with Gasteiger partial charge < -0.3 is 9.80 Å². The number of hydrogen-bond donors (Lipinski definition) is 0. The number of rotatable bonds is 3. The Morgan fingerprint density at radius 1 is 1.00 bits per heavy atom. The van der Waals surface area contributed by atoms with Gasteiger partial charge in [-0.15, -0.1) is 0 Å². The maximum absolute atomic E-state index is 12.8. The van der Waals surface area contributed by atoms with Gasteiger partial charge in [-0.1, -0.05) is 62.4 Å². The maximum atomic E-state index is 12.8. The average molecular weight is 364 g/mol. The van der Waals surface area contributed by atoms with Gasteiger partial charge in [0.05, 0.1) is 6.04 Å². The summed E-state index contributed by atoms with van der Waals surface area (Å²) in [5, 5.41) is 0. The summed E-state index contributed by atoms with van der Waals surface area (Å²) >= 11 is 0. The molecule has 1 fully saturated rings. The number of hydrogen-bond acceptors (Lipinski definition) is 3. The lowest BCUT2D eigenvalue weighted by Gasteiger charge is -2.43. The Balaban J connectivity index is 1.57. The second-order valence-electron chi connectivity index (χ2n) is 8.07. The van der Waals surface area contributed by atoms with Crippen LogP contribution in [0.3, 0.4) is 0 Å². The summed E-state index contributed by atoms with van der Waals surface area (Å²) in [5.74, 6) is 0.291. The van der Waals surface area contributed by atoms with Crippen molar-refractivity contribution in [3.63, 3.8) is 0 Å². The molecule has 2 aliphatic heterocycles. The molecule has 27 heavy (non-hydrogen) atoms. The molecule has 0 radical (unpaired) electrons. The number of fused-ring (bicyclic) bond motifs is 3. The zero-order chi connectivity index (χ0) is 18.8. The van der Waals surface area contributed by atoms with Crippen molar-refractivity contribution < 1.29 is 4.79 Å². The molecule has 1 unspecified atom stereocenters. The van der Waals surface area contributed by atoms with Gasteiger partial charge in [-0.25, -0.2) is 0 Å². The molecule has 4 rings (SSSR count). The molecule has 0 N–H and O–H groups in total. The second kappa shape index (κ2) is 7.73. The van der Waals surface area contributed by atoms with E-state index < -0.39 is 0 Å². The summed E-state index contributed by atoms with van der Waals surface area (Å²) in [5.41, 5.74) is 3.93. The van der Waals surface area contributed by atoms with Crippen molar-refractivity contribution in [2.24, 2.45) is 5.92 Å². The molecule has 2 aliphatic rings. The predicted molar refractivity (Wildman–Crippen MR) is 110 cm³/mol. The van der Waals surface area contributed by atoms with E-state index >= 15 is 0 Å². The Bertz CT molecular complexity index is 789. The van der Waals surface area contributed by atoms with Gasteiger partial charge in [0, 0.05) is 50.9 Å². The highest BCUT2D eigenvalue weighted by molar-refractivity contribution is 5.79. The molecule has 2 heterocycles. The smallest absolute Gasteiger partial charge is 0.225 e. The Morgan fingerprint density at radius 3 is 2.52 bits per heavy atom. The van der Waals surface area contributed by atoms with E-state index in [4.69, 9.17) is 0 Å². The van der Waals surface area contributed by atoms with Crippen LogP contribution in [0.15, 0.2) is 54.6 Å². The standard InChI is InChI=1S/C23H29N3O/c1-18(2)23(27)25-15-20-10-6-7-11-22(20)26-13-12-24(16-21(26)17-25)14-19-8-4-3-5-9-19/h3-11,18,21H,12-17H2,1-2H3. The molecule has 142 valence electrons. The van der Waals surface area contributed by atoms with Crippen LogP contribution >= 0.6 is 0 Å². The van der Waals surface area contributed by atoms with Gasteiger partial charge in [0.15, 0.2) is 0 Å². The van der Waals surface area contributed by atoms with E-state index in [1.165, 1.54) is 16.8 Å². The van der Waals surface area contributed by atoms with Crippen molar-refractivity contribution in [3.05, 3.63) is 65.7 Å². The van der Waals surface area contributed by atoms with Crippen LogP contribution in [0.25, 0.3) is 0 Å². The van der Waals surface area contributed by atoms with E-state index in [1.807, 2.05) is 13.8 Å². The van der Waals surface area contributed by atoms with Gasteiger partial charge in [0.1, 0.15) is 0 Å². The SMILES string of the molecule is CC(C)C(=O)N1Cc2ccccc2N2CCN(Cc3ccccc3)CC2C1. The number of para-hydroxylation sites is 1. The van der Waals surface area contributed by atoms with Crippen LogP contribution in [-0.4, -0.2) is 47.9 Å². The molecule has 1 saturated heterocycles. The minimum absolute atomic E-state index is 0.0349. The molecule has 2 aromatic rings. The Kier molecular flexibility index (Phi) is 5.17. The number of carbonyl (C=O) groups is 1. The summed E-state index contributed by atoms with van der Waals surface area (Å²) in [6, 6.07) is 19.6. The molecule has 0 aromatic heterocycles. The van der Waals surface area contributed by atoms with Crippen LogP contribution in [0, 0.1) is 5.92 Å². The Labute approximate surface area is 162 Å². The van der Waals surface area contributed by atoms with Crippen LogP contribution in [-0.2, 0) is 17.9 Å². The molecule has 1 amide bonds. The lowest BCUT2D eigenvalue weighted by atomic mass is 10.1. The van der Waals surface area contributed by atoms with E-state index in [-0.39, 0.29) is 11.8 Å². The molecule has 1 atom stereocenters. The van der Waals surface area contributed by atoms with Crippen molar-refractivity contribution in [2.45, 2.75) is 33.0 Å². The first kappa shape index (κ1) is 18.1. The molecule has 0 aliphatic carbocycles. The van der Waals surface area contributed by atoms with Crippen molar-refractivity contribution >= 4 is 11.6 Å². The Morgan fingerprint density at radius 2 is 1.74 bits per heavy atom. The largest absolute Gasteiger partial charge is 0.364 e. The molecule has 0 saturated carbocycles. The maximum Gasteiger partial charge on any atom is 0.225 e. The summed E-state index contributed by atoms with van der Waals surface area (Å²) in [6.45, 7) is 9.56.